The lowest BCUT2D eigenvalue weighted by atomic mass is 10.0. The van der Waals surface area contributed by atoms with Crippen molar-refractivity contribution in [2.75, 3.05) is 32.8 Å². The molecule has 1 fully saturated rings. The van der Waals surface area contributed by atoms with Crippen molar-refractivity contribution in [1.82, 2.24) is 9.62 Å². The molecule has 0 spiro atoms. The quantitative estimate of drug-likeness (QED) is 0.809. The van der Waals surface area contributed by atoms with Gasteiger partial charge < -0.3 is 4.74 Å². The number of rotatable bonds is 6. The Morgan fingerprint density at radius 2 is 1.88 bits per heavy atom. The van der Waals surface area contributed by atoms with Crippen LogP contribution in [0.1, 0.15) is 17.2 Å². The van der Waals surface area contributed by atoms with Gasteiger partial charge in [-0.25, -0.2) is 13.1 Å². The molecule has 3 rings (SSSR count). The zero-order chi connectivity index (χ0) is 17.9. The summed E-state index contributed by atoms with van der Waals surface area (Å²) in [5, 5.41) is 0. The van der Waals surface area contributed by atoms with Crippen LogP contribution in [-0.4, -0.2) is 46.2 Å². The van der Waals surface area contributed by atoms with E-state index in [0.29, 0.717) is 24.1 Å². The third-order valence-corrected chi connectivity index (χ3v) is 7.38. The summed E-state index contributed by atoms with van der Waals surface area (Å²) in [6.07, 6.45) is 0. The SMILES string of the molecule is Cc1ccc([C@H](CNS(=O)(=O)c2ccc(Cl)s2)N2CCOCC2)cc1. The molecule has 25 heavy (non-hydrogen) atoms. The lowest BCUT2D eigenvalue weighted by molar-refractivity contribution is 0.0172. The predicted molar refractivity (Wildman–Crippen MR) is 101 cm³/mol. The van der Waals surface area contributed by atoms with Gasteiger partial charge in [-0.15, -0.1) is 11.3 Å². The molecule has 2 aromatic rings. The molecule has 1 aromatic carbocycles. The van der Waals surface area contributed by atoms with Gasteiger partial charge in [0.15, 0.2) is 0 Å². The molecular weight excluding hydrogens is 380 g/mol. The van der Waals surface area contributed by atoms with Crippen LogP contribution in [0.15, 0.2) is 40.6 Å². The van der Waals surface area contributed by atoms with Crippen LogP contribution in [0.4, 0.5) is 0 Å². The van der Waals surface area contributed by atoms with Crippen molar-refractivity contribution >= 4 is 33.0 Å². The van der Waals surface area contributed by atoms with Gasteiger partial charge in [-0.2, -0.15) is 0 Å². The summed E-state index contributed by atoms with van der Waals surface area (Å²) in [6.45, 7) is 5.24. The van der Waals surface area contributed by atoms with Gasteiger partial charge in [0.1, 0.15) is 4.21 Å². The Morgan fingerprint density at radius 1 is 1.20 bits per heavy atom. The predicted octanol–water partition coefficient (Wildman–Crippen LogP) is 3.06. The molecule has 2 heterocycles. The highest BCUT2D eigenvalue weighted by molar-refractivity contribution is 7.91. The standard InChI is InChI=1S/C17H21ClN2O3S2/c1-13-2-4-14(5-3-13)15(20-8-10-23-11-9-20)12-19-25(21,22)17-7-6-16(18)24-17/h2-7,15,19H,8-12H2,1H3/t15-/m0/s1. The number of morpholine rings is 1. The van der Waals surface area contributed by atoms with Gasteiger partial charge in [0.25, 0.3) is 0 Å². The lowest BCUT2D eigenvalue weighted by Crippen LogP contribution is -2.43. The van der Waals surface area contributed by atoms with E-state index in [9.17, 15) is 8.42 Å². The number of halogens is 1. The van der Waals surface area contributed by atoms with E-state index in [-0.39, 0.29) is 10.3 Å². The van der Waals surface area contributed by atoms with E-state index in [2.05, 4.69) is 33.9 Å². The molecule has 0 radical (unpaired) electrons. The van der Waals surface area contributed by atoms with Crippen LogP contribution < -0.4 is 4.72 Å². The van der Waals surface area contributed by atoms with Crippen LogP contribution in [0.25, 0.3) is 0 Å². The molecule has 0 bridgehead atoms. The van der Waals surface area contributed by atoms with Crippen molar-refractivity contribution in [1.29, 1.82) is 0 Å². The second-order valence-corrected chi connectivity index (χ2v) is 9.69. The number of hydrogen-bond donors (Lipinski definition) is 1. The maximum atomic E-state index is 12.5. The van der Waals surface area contributed by atoms with E-state index in [4.69, 9.17) is 16.3 Å². The Morgan fingerprint density at radius 3 is 2.48 bits per heavy atom. The van der Waals surface area contributed by atoms with Gasteiger partial charge in [-0.1, -0.05) is 41.4 Å². The second kappa shape index (κ2) is 8.16. The minimum Gasteiger partial charge on any atom is -0.379 e. The molecule has 1 aliphatic heterocycles. The number of nitrogens with one attached hydrogen (secondary N) is 1. The van der Waals surface area contributed by atoms with E-state index < -0.39 is 10.0 Å². The molecule has 0 unspecified atom stereocenters. The summed E-state index contributed by atoms with van der Waals surface area (Å²) in [5.74, 6) is 0. The fourth-order valence-corrected chi connectivity index (χ4v) is 5.40. The maximum absolute atomic E-state index is 12.5. The van der Waals surface area contributed by atoms with Crippen molar-refractivity contribution in [3.8, 4) is 0 Å². The van der Waals surface area contributed by atoms with Crippen LogP contribution in [0.3, 0.4) is 0 Å². The summed E-state index contributed by atoms with van der Waals surface area (Å²) < 4.78 is 33.9. The molecule has 1 aliphatic rings. The van der Waals surface area contributed by atoms with Crippen molar-refractivity contribution < 1.29 is 13.2 Å². The summed E-state index contributed by atoms with van der Waals surface area (Å²) in [5.41, 5.74) is 2.28. The monoisotopic (exact) mass is 400 g/mol. The van der Waals surface area contributed by atoms with Crippen LogP contribution in [0.5, 0.6) is 0 Å². The lowest BCUT2D eigenvalue weighted by Gasteiger charge is -2.34. The summed E-state index contributed by atoms with van der Waals surface area (Å²) in [6, 6.07) is 11.3. The highest BCUT2D eigenvalue weighted by atomic mass is 35.5. The van der Waals surface area contributed by atoms with E-state index in [0.717, 1.165) is 30.0 Å². The molecule has 0 saturated carbocycles. The molecule has 1 atom stereocenters. The summed E-state index contributed by atoms with van der Waals surface area (Å²) >= 11 is 6.93. The van der Waals surface area contributed by atoms with E-state index >= 15 is 0 Å². The van der Waals surface area contributed by atoms with Crippen molar-refractivity contribution in [3.63, 3.8) is 0 Å². The Balaban J connectivity index is 1.78. The smallest absolute Gasteiger partial charge is 0.250 e. The largest absolute Gasteiger partial charge is 0.379 e. The first kappa shape index (κ1) is 18.8. The van der Waals surface area contributed by atoms with Crippen LogP contribution in [0, 0.1) is 6.92 Å². The Bertz CT molecular complexity index is 800. The molecule has 136 valence electrons. The van der Waals surface area contributed by atoms with Crippen LogP contribution in [-0.2, 0) is 14.8 Å². The second-order valence-electron chi connectivity index (χ2n) is 5.99. The average Bonchev–Trinajstić information content (AvgIpc) is 3.05. The number of thiophene rings is 1. The van der Waals surface area contributed by atoms with Gasteiger partial charge >= 0.3 is 0 Å². The molecular formula is C17H21ClN2O3S2. The molecule has 0 aliphatic carbocycles. The zero-order valence-electron chi connectivity index (χ0n) is 13.9. The number of sulfonamides is 1. The first-order valence-corrected chi connectivity index (χ1v) is 10.8. The number of ether oxygens (including phenoxy) is 1. The molecule has 0 amide bonds. The van der Waals surface area contributed by atoms with Crippen molar-refractivity contribution in [2.24, 2.45) is 0 Å². The zero-order valence-corrected chi connectivity index (χ0v) is 16.3. The van der Waals surface area contributed by atoms with Crippen molar-refractivity contribution in [3.05, 3.63) is 51.9 Å². The first-order valence-electron chi connectivity index (χ1n) is 8.09. The highest BCUT2D eigenvalue weighted by Crippen LogP contribution is 2.27. The summed E-state index contributed by atoms with van der Waals surface area (Å²) in [7, 11) is -3.56. The number of benzene rings is 1. The maximum Gasteiger partial charge on any atom is 0.250 e. The number of hydrogen-bond acceptors (Lipinski definition) is 5. The minimum atomic E-state index is -3.56. The number of nitrogens with zero attached hydrogens (tertiary/aromatic N) is 1. The Hall–Kier alpha value is -0.960. The molecule has 1 saturated heterocycles. The number of aryl methyl sites for hydroxylation is 1. The third kappa shape index (κ3) is 4.81. The molecule has 1 N–H and O–H groups in total. The Labute approximate surface area is 157 Å². The normalized spacial score (nSPS) is 17.5. The highest BCUT2D eigenvalue weighted by Gasteiger charge is 2.25. The molecule has 1 aromatic heterocycles. The minimum absolute atomic E-state index is 0.0327. The molecule has 8 heteroatoms. The Kier molecular flexibility index (Phi) is 6.14. The fraction of sp³-hybridized carbons (Fsp3) is 0.412. The van der Waals surface area contributed by atoms with Crippen molar-refractivity contribution in [2.45, 2.75) is 17.2 Å². The van der Waals surface area contributed by atoms with Gasteiger partial charge in [0.2, 0.25) is 10.0 Å². The van der Waals surface area contributed by atoms with E-state index in [1.165, 1.54) is 11.6 Å². The van der Waals surface area contributed by atoms with E-state index in [1.807, 2.05) is 6.92 Å². The van der Waals surface area contributed by atoms with Gasteiger partial charge in [-0.3, -0.25) is 4.90 Å². The average molecular weight is 401 g/mol. The molecule has 5 nitrogen and oxygen atoms in total. The summed E-state index contributed by atoms with van der Waals surface area (Å²) in [4.78, 5) is 2.26. The van der Waals surface area contributed by atoms with Crippen LogP contribution >= 0.6 is 22.9 Å². The van der Waals surface area contributed by atoms with Gasteiger partial charge in [0, 0.05) is 25.7 Å². The third-order valence-electron chi connectivity index (χ3n) is 4.23. The van der Waals surface area contributed by atoms with Gasteiger partial charge in [-0.05, 0) is 24.6 Å². The van der Waals surface area contributed by atoms with Gasteiger partial charge in [0.05, 0.1) is 17.6 Å². The first-order chi connectivity index (χ1) is 12.0. The van der Waals surface area contributed by atoms with E-state index in [1.54, 1.807) is 6.07 Å². The fourth-order valence-electron chi connectivity index (χ4n) is 2.84. The topological polar surface area (TPSA) is 58.6 Å². The van der Waals surface area contributed by atoms with Crippen LogP contribution in [0.2, 0.25) is 4.34 Å².